The van der Waals surface area contributed by atoms with Crippen molar-refractivity contribution in [2.45, 2.75) is 63.8 Å². The maximum Gasteiger partial charge on any atom is 0.237 e. The van der Waals surface area contributed by atoms with Crippen LogP contribution in [-0.2, 0) is 9.53 Å². The van der Waals surface area contributed by atoms with Gasteiger partial charge in [-0.15, -0.1) is 0 Å². The molecule has 2 fully saturated rings. The maximum atomic E-state index is 11.8. The Labute approximate surface area is 115 Å². The van der Waals surface area contributed by atoms with Gasteiger partial charge in [-0.3, -0.25) is 9.69 Å². The summed E-state index contributed by atoms with van der Waals surface area (Å²) in [7, 11) is 0. The van der Waals surface area contributed by atoms with Crippen molar-refractivity contribution in [1.82, 2.24) is 10.2 Å². The van der Waals surface area contributed by atoms with Crippen molar-refractivity contribution in [3.8, 4) is 0 Å². The number of hydrogen-bond acceptors (Lipinski definition) is 4. The first kappa shape index (κ1) is 14.8. The van der Waals surface area contributed by atoms with E-state index in [0.29, 0.717) is 6.04 Å². The van der Waals surface area contributed by atoms with Gasteiger partial charge in [-0.1, -0.05) is 6.92 Å². The minimum absolute atomic E-state index is 0.203. The Morgan fingerprint density at radius 1 is 1.42 bits per heavy atom. The van der Waals surface area contributed by atoms with E-state index in [9.17, 15) is 4.79 Å². The first-order valence-corrected chi connectivity index (χ1v) is 7.41. The molecule has 1 amide bonds. The minimum Gasteiger partial charge on any atom is -0.373 e. The number of morpholine rings is 1. The molecule has 1 aliphatic carbocycles. The summed E-state index contributed by atoms with van der Waals surface area (Å²) >= 11 is 0. The number of hydrogen-bond donors (Lipinski definition) is 2. The van der Waals surface area contributed by atoms with Crippen molar-refractivity contribution in [3.05, 3.63) is 0 Å². The van der Waals surface area contributed by atoms with Crippen molar-refractivity contribution in [1.29, 1.82) is 0 Å². The van der Waals surface area contributed by atoms with Gasteiger partial charge >= 0.3 is 0 Å². The molecule has 2 aliphatic rings. The van der Waals surface area contributed by atoms with E-state index in [2.05, 4.69) is 24.1 Å². The number of likely N-dealkylation sites (N-methyl/N-ethyl adjacent to an activating group) is 1. The quantitative estimate of drug-likeness (QED) is 0.779. The molecular weight excluding hydrogens is 242 g/mol. The van der Waals surface area contributed by atoms with Crippen LogP contribution in [0.15, 0.2) is 0 Å². The molecular formula is C14H27N3O2. The monoisotopic (exact) mass is 269 g/mol. The molecule has 4 atom stereocenters. The lowest BCUT2D eigenvalue weighted by molar-refractivity contribution is -0.124. The highest BCUT2D eigenvalue weighted by Gasteiger charge is 2.45. The van der Waals surface area contributed by atoms with Crippen molar-refractivity contribution >= 4 is 5.91 Å². The van der Waals surface area contributed by atoms with Crippen LogP contribution < -0.4 is 11.1 Å². The predicted molar refractivity (Wildman–Crippen MR) is 74.8 cm³/mol. The van der Waals surface area contributed by atoms with Gasteiger partial charge in [0, 0.05) is 19.1 Å². The van der Waals surface area contributed by atoms with Gasteiger partial charge in [-0.25, -0.2) is 0 Å². The Morgan fingerprint density at radius 2 is 2.05 bits per heavy atom. The van der Waals surface area contributed by atoms with Gasteiger partial charge in [-0.2, -0.15) is 0 Å². The van der Waals surface area contributed by atoms with Crippen LogP contribution in [0.4, 0.5) is 0 Å². The van der Waals surface area contributed by atoms with Gasteiger partial charge < -0.3 is 15.8 Å². The SMILES string of the molecule is CCNC1(C(N)=O)CCC(N2C[C@@H](C)O[C@@H](C)C2)C1. The molecule has 0 aromatic carbocycles. The zero-order chi connectivity index (χ0) is 14.0. The summed E-state index contributed by atoms with van der Waals surface area (Å²) < 4.78 is 5.77. The molecule has 5 heteroatoms. The average Bonchev–Trinajstić information content (AvgIpc) is 2.74. The molecule has 1 saturated heterocycles. The van der Waals surface area contributed by atoms with Crippen LogP contribution in [-0.4, -0.2) is 54.2 Å². The Balaban J connectivity index is 2.02. The molecule has 19 heavy (non-hydrogen) atoms. The summed E-state index contributed by atoms with van der Waals surface area (Å²) in [5.41, 5.74) is 5.12. The fourth-order valence-corrected chi connectivity index (χ4v) is 3.66. The zero-order valence-corrected chi connectivity index (χ0v) is 12.3. The van der Waals surface area contributed by atoms with Crippen LogP contribution in [0.25, 0.3) is 0 Å². The summed E-state index contributed by atoms with van der Waals surface area (Å²) in [6, 6.07) is 0.445. The number of ether oxygens (including phenoxy) is 1. The third-order valence-electron chi connectivity index (χ3n) is 4.44. The summed E-state index contributed by atoms with van der Waals surface area (Å²) in [5.74, 6) is -0.203. The lowest BCUT2D eigenvalue weighted by atomic mass is 9.96. The van der Waals surface area contributed by atoms with Gasteiger partial charge in [0.25, 0.3) is 0 Å². The van der Waals surface area contributed by atoms with Gasteiger partial charge in [0.05, 0.1) is 17.7 Å². The number of amides is 1. The molecule has 0 aromatic heterocycles. The lowest BCUT2D eigenvalue weighted by Gasteiger charge is -2.39. The molecule has 1 saturated carbocycles. The Morgan fingerprint density at radius 3 is 2.58 bits per heavy atom. The van der Waals surface area contributed by atoms with Crippen LogP contribution in [0.5, 0.6) is 0 Å². The summed E-state index contributed by atoms with van der Waals surface area (Å²) in [6.45, 7) is 8.95. The second kappa shape index (κ2) is 5.77. The molecule has 3 N–H and O–H groups in total. The molecule has 2 unspecified atom stereocenters. The van der Waals surface area contributed by atoms with Gasteiger partial charge in [-0.05, 0) is 39.7 Å². The fourth-order valence-electron chi connectivity index (χ4n) is 3.66. The summed E-state index contributed by atoms with van der Waals surface area (Å²) in [6.07, 6.45) is 3.25. The first-order chi connectivity index (χ1) is 8.97. The van der Waals surface area contributed by atoms with Crippen LogP contribution in [0, 0.1) is 0 Å². The average molecular weight is 269 g/mol. The summed E-state index contributed by atoms with van der Waals surface area (Å²) in [5, 5.41) is 3.32. The van der Waals surface area contributed by atoms with E-state index in [1.165, 1.54) is 0 Å². The molecule has 0 bridgehead atoms. The molecule has 1 heterocycles. The topological polar surface area (TPSA) is 67.6 Å². The van der Waals surface area contributed by atoms with Gasteiger partial charge in [0.2, 0.25) is 5.91 Å². The van der Waals surface area contributed by atoms with E-state index in [4.69, 9.17) is 10.5 Å². The molecule has 1 aliphatic heterocycles. The number of nitrogens with one attached hydrogen (secondary N) is 1. The number of primary amides is 1. The van der Waals surface area contributed by atoms with E-state index in [-0.39, 0.29) is 18.1 Å². The molecule has 5 nitrogen and oxygen atoms in total. The van der Waals surface area contributed by atoms with Crippen molar-refractivity contribution in [2.24, 2.45) is 5.73 Å². The number of carbonyl (C=O) groups is 1. The van der Waals surface area contributed by atoms with Crippen LogP contribution in [0.1, 0.15) is 40.0 Å². The molecule has 0 spiro atoms. The first-order valence-electron chi connectivity index (χ1n) is 7.41. The standard InChI is InChI=1S/C14H27N3O2/c1-4-16-14(13(15)18)6-5-12(7-14)17-8-10(2)19-11(3)9-17/h10-12,16H,4-9H2,1-3H3,(H2,15,18)/t10-,11+,12?,14?. The molecule has 0 aromatic rings. The fraction of sp³-hybridized carbons (Fsp3) is 0.929. The third kappa shape index (κ3) is 3.09. The molecule has 110 valence electrons. The Kier molecular flexibility index (Phi) is 4.48. The van der Waals surface area contributed by atoms with Crippen LogP contribution >= 0.6 is 0 Å². The second-order valence-electron chi connectivity index (χ2n) is 6.08. The van der Waals surface area contributed by atoms with E-state index in [1.54, 1.807) is 0 Å². The highest BCUT2D eigenvalue weighted by atomic mass is 16.5. The highest BCUT2D eigenvalue weighted by Crippen LogP contribution is 2.34. The van der Waals surface area contributed by atoms with Crippen molar-refractivity contribution in [3.63, 3.8) is 0 Å². The van der Waals surface area contributed by atoms with Gasteiger partial charge in [0.1, 0.15) is 0 Å². The maximum absolute atomic E-state index is 11.8. The summed E-state index contributed by atoms with van der Waals surface area (Å²) in [4.78, 5) is 14.3. The number of nitrogens with two attached hydrogens (primary N) is 1. The molecule has 2 rings (SSSR count). The van der Waals surface area contributed by atoms with E-state index < -0.39 is 5.54 Å². The smallest absolute Gasteiger partial charge is 0.237 e. The lowest BCUT2D eigenvalue weighted by Crippen LogP contribution is -2.55. The van der Waals surface area contributed by atoms with Crippen molar-refractivity contribution < 1.29 is 9.53 Å². The number of rotatable bonds is 4. The Hall–Kier alpha value is -0.650. The second-order valence-corrected chi connectivity index (χ2v) is 6.08. The van der Waals surface area contributed by atoms with Crippen molar-refractivity contribution in [2.75, 3.05) is 19.6 Å². The zero-order valence-electron chi connectivity index (χ0n) is 12.3. The van der Waals surface area contributed by atoms with Crippen LogP contribution in [0.2, 0.25) is 0 Å². The number of carbonyl (C=O) groups excluding carboxylic acids is 1. The highest BCUT2D eigenvalue weighted by molar-refractivity contribution is 5.85. The van der Waals surface area contributed by atoms with E-state index in [0.717, 1.165) is 38.9 Å². The van der Waals surface area contributed by atoms with E-state index >= 15 is 0 Å². The number of nitrogens with zero attached hydrogens (tertiary/aromatic N) is 1. The third-order valence-corrected chi connectivity index (χ3v) is 4.44. The van der Waals surface area contributed by atoms with Gasteiger partial charge in [0.15, 0.2) is 0 Å². The normalized spacial score (nSPS) is 40.5. The largest absolute Gasteiger partial charge is 0.373 e. The minimum atomic E-state index is -0.496. The predicted octanol–water partition coefficient (Wildman–Crippen LogP) is 0.482. The Bertz CT molecular complexity index is 327. The van der Waals surface area contributed by atoms with Crippen LogP contribution in [0.3, 0.4) is 0 Å². The molecule has 0 radical (unpaired) electrons. The van der Waals surface area contributed by atoms with E-state index in [1.807, 2.05) is 6.92 Å².